The van der Waals surface area contributed by atoms with E-state index in [0.29, 0.717) is 0 Å². The molecule has 1 heterocycles. The molecular weight excluding hydrogens is 140 g/mol. The van der Waals surface area contributed by atoms with E-state index in [0.717, 1.165) is 36.8 Å². The van der Waals surface area contributed by atoms with Gasteiger partial charge in [0, 0.05) is 11.1 Å². The molecule has 2 aliphatic rings. The normalized spacial score (nSPS) is 23.6. The predicted octanol–water partition coefficient (Wildman–Crippen LogP) is 1.84. The maximum atomic E-state index is 7.38. The van der Waals surface area contributed by atoms with Gasteiger partial charge in [0.25, 0.3) is 0 Å². The fraction of sp³-hybridized carbons (Fsp3) is 0.500. The Bertz CT molecular complexity index is 239. The number of nitrogens with one attached hydrogen (secondary N) is 2. The Kier molecular flexibility index (Phi) is 1.31. The first-order valence-corrected chi connectivity index (χ1v) is 3.87. The van der Waals surface area contributed by atoms with E-state index in [4.69, 9.17) is 15.6 Å². The molecule has 0 saturated carbocycles. The highest BCUT2D eigenvalue weighted by Crippen LogP contribution is 2.31. The highest BCUT2D eigenvalue weighted by Gasteiger charge is 2.28. The van der Waals surface area contributed by atoms with Gasteiger partial charge in [-0.05, 0) is 25.7 Å². The first-order valence-electron chi connectivity index (χ1n) is 3.87. The van der Waals surface area contributed by atoms with E-state index in [9.17, 15) is 0 Å². The molecule has 0 aromatic carbocycles. The first kappa shape index (κ1) is 6.58. The van der Waals surface area contributed by atoms with Crippen LogP contribution in [0.1, 0.15) is 25.7 Å². The number of hydrogen-bond acceptors (Lipinski definition) is 3. The van der Waals surface area contributed by atoms with E-state index in [2.05, 4.69) is 0 Å². The molecule has 0 unspecified atom stereocenters. The van der Waals surface area contributed by atoms with Crippen molar-refractivity contribution in [2.45, 2.75) is 25.7 Å². The second kappa shape index (κ2) is 2.19. The Morgan fingerprint density at radius 3 is 1.82 bits per heavy atom. The lowest BCUT2D eigenvalue weighted by atomic mass is 9.93. The summed E-state index contributed by atoms with van der Waals surface area (Å²) in [6, 6.07) is 0. The molecule has 11 heavy (non-hydrogen) atoms. The topological polar surface area (TPSA) is 56.9 Å². The smallest absolute Gasteiger partial charge is 0.217 e. The van der Waals surface area contributed by atoms with Crippen molar-refractivity contribution in [3.63, 3.8) is 0 Å². The zero-order valence-electron chi connectivity index (χ0n) is 6.24. The van der Waals surface area contributed by atoms with Crippen molar-refractivity contribution in [1.82, 2.24) is 0 Å². The quantitative estimate of drug-likeness (QED) is 0.544. The summed E-state index contributed by atoms with van der Waals surface area (Å²) < 4.78 is 4.90. The zero-order valence-corrected chi connectivity index (χ0v) is 6.24. The van der Waals surface area contributed by atoms with Gasteiger partial charge in [-0.3, -0.25) is 10.8 Å². The molecule has 0 aromatic heterocycles. The average molecular weight is 150 g/mol. The molecule has 1 aliphatic heterocycles. The summed E-state index contributed by atoms with van der Waals surface area (Å²) in [7, 11) is 0. The van der Waals surface area contributed by atoms with Crippen LogP contribution in [-0.2, 0) is 4.74 Å². The molecule has 2 N–H and O–H groups in total. The van der Waals surface area contributed by atoms with Crippen LogP contribution in [0.3, 0.4) is 0 Å². The van der Waals surface area contributed by atoms with E-state index < -0.39 is 0 Å². The van der Waals surface area contributed by atoms with Gasteiger partial charge in [-0.2, -0.15) is 0 Å². The van der Waals surface area contributed by atoms with Crippen LogP contribution < -0.4 is 0 Å². The molecule has 0 fully saturated rings. The molecule has 0 saturated heterocycles. The van der Waals surface area contributed by atoms with Gasteiger partial charge in [-0.25, -0.2) is 0 Å². The fourth-order valence-electron chi connectivity index (χ4n) is 1.63. The third-order valence-electron chi connectivity index (χ3n) is 2.22. The van der Waals surface area contributed by atoms with Gasteiger partial charge in [0.05, 0.1) is 0 Å². The summed E-state index contributed by atoms with van der Waals surface area (Å²) in [6.45, 7) is 0. The monoisotopic (exact) mass is 150 g/mol. The van der Waals surface area contributed by atoms with Crippen LogP contribution in [-0.4, -0.2) is 11.8 Å². The SMILES string of the molecule is N=C1OC(=N)C2=C1CCCC2. The van der Waals surface area contributed by atoms with E-state index >= 15 is 0 Å². The van der Waals surface area contributed by atoms with Crippen molar-refractivity contribution in [2.75, 3.05) is 0 Å². The highest BCUT2D eigenvalue weighted by atomic mass is 16.5. The average Bonchev–Trinajstić information content (AvgIpc) is 2.30. The highest BCUT2D eigenvalue weighted by molar-refractivity contribution is 6.14. The second-order valence-corrected chi connectivity index (χ2v) is 2.92. The van der Waals surface area contributed by atoms with Gasteiger partial charge < -0.3 is 4.74 Å². The minimum Gasteiger partial charge on any atom is -0.421 e. The Morgan fingerprint density at radius 2 is 1.36 bits per heavy atom. The first-order chi connectivity index (χ1) is 5.29. The summed E-state index contributed by atoms with van der Waals surface area (Å²) in [5.41, 5.74) is 1.95. The molecule has 0 bridgehead atoms. The summed E-state index contributed by atoms with van der Waals surface area (Å²) >= 11 is 0. The van der Waals surface area contributed by atoms with Crippen molar-refractivity contribution >= 4 is 11.8 Å². The Labute approximate surface area is 65.1 Å². The van der Waals surface area contributed by atoms with Crippen LogP contribution in [0.15, 0.2) is 11.1 Å². The van der Waals surface area contributed by atoms with Crippen molar-refractivity contribution in [2.24, 2.45) is 0 Å². The second-order valence-electron chi connectivity index (χ2n) is 2.92. The van der Waals surface area contributed by atoms with E-state index in [1.165, 1.54) is 0 Å². The maximum absolute atomic E-state index is 7.38. The number of ether oxygens (including phenoxy) is 1. The fourth-order valence-corrected chi connectivity index (χ4v) is 1.63. The molecule has 0 atom stereocenters. The molecule has 2 rings (SSSR count). The van der Waals surface area contributed by atoms with Crippen molar-refractivity contribution in [3.8, 4) is 0 Å². The van der Waals surface area contributed by atoms with Gasteiger partial charge in [0.1, 0.15) is 0 Å². The zero-order chi connectivity index (χ0) is 7.84. The van der Waals surface area contributed by atoms with Crippen LogP contribution in [0, 0.1) is 10.8 Å². The van der Waals surface area contributed by atoms with Crippen LogP contribution >= 0.6 is 0 Å². The van der Waals surface area contributed by atoms with Crippen LogP contribution in [0.5, 0.6) is 0 Å². The van der Waals surface area contributed by atoms with Crippen LogP contribution in [0.25, 0.3) is 0 Å². The molecule has 0 amide bonds. The Morgan fingerprint density at radius 1 is 0.909 bits per heavy atom. The predicted molar refractivity (Wildman–Crippen MR) is 42.0 cm³/mol. The third kappa shape index (κ3) is 0.878. The van der Waals surface area contributed by atoms with Gasteiger partial charge in [0.15, 0.2) is 0 Å². The molecule has 0 spiro atoms. The van der Waals surface area contributed by atoms with E-state index in [1.807, 2.05) is 0 Å². The molecule has 58 valence electrons. The molecule has 3 nitrogen and oxygen atoms in total. The van der Waals surface area contributed by atoms with Crippen molar-refractivity contribution < 1.29 is 4.74 Å². The molecule has 1 aliphatic carbocycles. The minimum atomic E-state index is 0.213. The lowest BCUT2D eigenvalue weighted by Crippen LogP contribution is -2.00. The van der Waals surface area contributed by atoms with Gasteiger partial charge in [-0.1, -0.05) is 0 Å². The summed E-state index contributed by atoms with van der Waals surface area (Å²) in [5.74, 6) is 0.425. The van der Waals surface area contributed by atoms with Gasteiger partial charge >= 0.3 is 0 Å². The molecule has 3 heteroatoms. The Balaban J connectivity index is 2.40. The van der Waals surface area contributed by atoms with Crippen molar-refractivity contribution in [1.29, 1.82) is 10.8 Å². The number of rotatable bonds is 0. The standard InChI is InChI=1S/C8H10N2O/c9-7-5-3-1-2-4-6(5)8(10)11-7/h9-10H,1-4H2. The lowest BCUT2D eigenvalue weighted by molar-refractivity contribution is 0.548. The molecule has 0 aromatic rings. The molecule has 0 radical (unpaired) electrons. The summed E-state index contributed by atoms with van der Waals surface area (Å²) in [5, 5.41) is 14.8. The largest absolute Gasteiger partial charge is 0.421 e. The summed E-state index contributed by atoms with van der Waals surface area (Å²) in [4.78, 5) is 0. The molecular formula is C8H10N2O. The number of hydrogen-bond donors (Lipinski definition) is 2. The van der Waals surface area contributed by atoms with E-state index in [-0.39, 0.29) is 11.8 Å². The van der Waals surface area contributed by atoms with E-state index in [1.54, 1.807) is 0 Å². The summed E-state index contributed by atoms with van der Waals surface area (Å²) in [6.07, 6.45) is 4.13. The van der Waals surface area contributed by atoms with Crippen molar-refractivity contribution in [3.05, 3.63) is 11.1 Å². The Hall–Kier alpha value is -1.12. The lowest BCUT2D eigenvalue weighted by Gasteiger charge is -2.09. The van der Waals surface area contributed by atoms with Gasteiger partial charge in [-0.15, -0.1) is 0 Å². The third-order valence-corrected chi connectivity index (χ3v) is 2.22. The van der Waals surface area contributed by atoms with Crippen LogP contribution in [0.4, 0.5) is 0 Å². The van der Waals surface area contributed by atoms with Crippen LogP contribution in [0.2, 0.25) is 0 Å². The van der Waals surface area contributed by atoms with Gasteiger partial charge in [0.2, 0.25) is 11.8 Å². The minimum absolute atomic E-state index is 0.213. The maximum Gasteiger partial charge on any atom is 0.217 e.